The van der Waals surface area contributed by atoms with E-state index < -0.39 is 27.4 Å². The third-order valence-electron chi connectivity index (χ3n) is 21.7. The van der Waals surface area contributed by atoms with Crippen molar-refractivity contribution in [2.45, 2.75) is 145 Å². The monoisotopic (exact) mass is 1500 g/mol. The summed E-state index contributed by atoms with van der Waals surface area (Å²) in [7, 11) is 14.1. The third kappa shape index (κ3) is 21.4. The Morgan fingerprint density at radius 1 is 0.205 bits per heavy atom. The lowest BCUT2D eigenvalue weighted by Gasteiger charge is -2.08. The maximum absolute atomic E-state index is 7.72. The van der Waals surface area contributed by atoms with Crippen LogP contribution in [0.2, 0.25) is 0 Å². The largest absolute Gasteiger partial charge is 0.215 e. The summed E-state index contributed by atoms with van der Waals surface area (Å²) in [5.41, 5.74) is 37.6. The molecule has 0 amide bonds. The molecule has 112 heavy (non-hydrogen) atoms. The van der Waals surface area contributed by atoms with Crippen LogP contribution in [0.4, 0.5) is 0 Å². The molecule has 0 aliphatic rings. The average Bonchev–Trinajstić information content (AvgIpc) is 0.756. The van der Waals surface area contributed by atoms with Gasteiger partial charge in [-0.15, -0.1) is 0 Å². The van der Waals surface area contributed by atoms with E-state index in [9.17, 15) is 0 Å². The molecular weight excluding hydrogens is 1360 g/mol. The van der Waals surface area contributed by atoms with E-state index in [2.05, 4.69) is 231 Å². The van der Waals surface area contributed by atoms with Crippen molar-refractivity contribution in [2.75, 3.05) is 0 Å². The number of benzene rings is 7. The molecule has 14 rings (SSSR count). The van der Waals surface area contributed by atoms with E-state index in [0.29, 0.717) is 22.3 Å². The second kappa shape index (κ2) is 39.5. The summed E-state index contributed by atoms with van der Waals surface area (Å²) >= 11 is 0. The fraction of sp³-hybridized carbons (Fsp3) is 0.267. The second-order valence-electron chi connectivity index (χ2n) is 29.7. The SMILES string of the molecule is Cc1cc[n+](C)c(-c2cccc(C)c2C)c1.Cc1cccc(C)c1-c1cccc(C)[n+]1C.Cc1ccccc1-c1c(C)ccc(C)[n+]1C.[2H]C([2H])([2H])c1cc[n+](C)c(-c2cccc(C)c2C)c1.[2H]C([2H])([2H])c1ccc(C)[n+](C)c1-c1ccccc1C.[2H]C([2H])([2H])c1ccc(C)c(-c2cccc(C)[n+]2C)c1.[2H]C([2H])([2H])c1cccc(C)c1-c1cccc(C)[n+]1C. The molecule has 7 aromatic heterocycles. The molecule has 7 heterocycles. The van der Waals surface area contributed by atoms with Gasteiger partial charge in [0.15, 0.2) is 40.9 Å². The molecule has 574 valence electrons. The average molecular weight is 1500 g/mol. The molecule has 0 aliphatic carbocycles. The summed E-state index contributed by atoms with van der Waals surface area (Å²) in [5.74, 6) is 0. The van der Waals surface area contributed by atoms with Gasteiger partial charge in [-0.25, -0.2) is 9.13 Å². The molecule has 7 aromatic carbocycles. The molecule has 0 spiro atoms. The highest BCUT2D eigenvalue weighted by Gasteiger charge is 2.22. The first kappa shape index (κ1) is 69.8. The molecule has 0 radical (unpaired) electrons. The Bertz CT molecular complexity index is 6000. The minimum atomic E-state index is -2.11. The van der Waals surface area contributed by atoms with E-state index in [1.807, 2.05) is 174 Å². The molecule has 0 N–H and O–H groups in total. The van der Waals surface area contributed by atoms with Crippen LogP contribution in [0.25, 0.3) is 78.8 Å². The van der Waals surface area contributed by atoms with Gasteiger partial charge < -0.3 is 0 Å². The van der Waals surface area contributed by atoms with Crippen molar-refractivity contribution < 1.29 is 48.4 Å². The lowest BCUT2D eigenvalue weighted by molar-refractivity contribution is -0.667. The summed E-state index contributed by atoms with van der Waals surface area (Å²) in [6, 6.07) is 80.3. The third-order valence-corrected chi connectivity index (χ3v) is 21.7. The molecule has 14 aromatic rings. The van der Waals surface area contributed by atoms with Gasteiger partial charge in [0.25, 0.3) is 0 Å². The summed E-state index contributed by atoms with van der Waals surface area (Å²) in [5, 5.41) is 0. The molecule has 0 unspecified atom stereocenters. The highest BCUT2D eigenvalue weighted by molar-refractivity contribution is 5.69. The molecule has 0 saturated heterocycles. The van der Waals surface area contributed by atoms with Crippen molar-refractivity contribution in [1.29, 1.82) is 0 Å². The predicted octanol–water partition coefficient (Wildman–Crippen LogP) is 21.7. The van der Waals surface area contributed by atoms with Crippen molar-refractivity contribution >= 4 is 0 Å². The van der Waals surface area contributed by atoms with Crippen LogP contribution in [0.5, 0.6) is 0 Å². The maximum Gasteiger partial charge on any atom is 0.215 e. The van der Waals surface area contributed by atoms with Crippen molar-refractivity contribution in [2.24, 2.45) is 49.3 Å². The van der Waals surface area contributed by atoms with Crippen LogP contribution in [0, 0.1) is 145 Å². The van der Waals surface area contributed by atoms with Crippen LogP contribution in [-0.4, -0.2) is 0 Å². The van der Waals surface area contributed by atoms with Crippen molar-refractivity contribution in [3.8, 4) is 78.8 Å². The number of nitrogens with zero attached hydrogens (tertiary/aromatic N) is 7. The van der Waals surface area contributed by atoms with E-state index in [0.717, 1.165) is 78.8 Å². The molecule has 0 saturated carbocycles. The van der Waals surface area contributed by atoms with Crippen LogP contribution in [0.15, 0.2) is 255 Å². The van der Waals surface area contributed by atoms with Gasteiger partial charge >= 0.3 is 0 Å². The van der Waals surface area contributed by atoms with Gasteiger partial charge in [-0.2, -0.15) is 22.8 Å². The van der Waals surface area contributed by atoms with Gasteiger partial charge in [0.1, 0.15) is 49.3 Å². The lowest BCUT2D eigenvalue weighted by atomic mass is 9.99. The first-order valence-corrected chi connectivity index (χ1v) is 38.4. The van der Waals surface area contributed by atoms with Crippen LogP contribution in [0.3, 0.4) is 0 Å². The quantitative estimate of drug-likeness (QED) is 0.142. The summed E-state index contributed by atoms with van der Waals surface area (Å²) in [4.78, 5) is 0. The topological polar surface area (TPSA) is 27.2 Å². The molecule has 0 atom stereocenters. The van der Waals surface area contributed by atoms with E-state index in [4.69, 9.17) is 16.4 Å². The Hall–Kier alpha value is -11.4. The van der Waals surface area contributed by atoms with Crippen molar-refractivity contribution in [1.82, 2.24) is 0 Å². The fourth-order valence-corrected chi connectivity index (χ4v) is 13.8. The summed E-state index contributed by atoms with van der Waals surface area (Å²) in [6.45, 7) is 27.2. The highest BCUT2D eigenvalue weighted by Crippen LogP contribution is 2.30. The predicted molar refractivity (Wildman–Crippen MR) is 471 cm³/mol. The van der Waals surface area contributed by atoms with Crippen LogP contribution in [0.1, 0.15) is 134 Å². The smallest absolute Gasteiger partial charge is 0.201 e. The number of rotatable bonds is 7. The first-order valence-electron chi connectivity index (χ1n) is 44.4. The molecule has 0 fully saturated rings. The number of pyridine rings is 7. The molecule has 7 nitrogen and oxygen atoms in total. The van der Waals surface area contributed by atoms with Gasteiger partial charge in [0.05, 0.1) is 11.1 Å². The van der Waals surface area contributed by atoms with Gasteiger partial charge in [-0.1, -0.05) is 115 Å². The van der Waals surface area contributed by atoms with Gasteiger partial charge in [0, 0.05) is 163 Å². The second-order valence-corrected chi connectivity index (χ2v) is 29.7. The number of aryl methyl sites for hydroxylation is 21. The van der Waals surface area contributed by atoms with E-state index in [1.54, 1.807) is 48.7 Å². The van der Waals surface area contributed by atoms with Gasteiger partial charge in [0.2, 0.25) is 39.9 Å². The minimum Gasteiger partial charge on any atom is -0.201 e. The van der Waals surface area contributed by atoms with Crippen LogP contribution in [-0.2, 0) is 49.3 Å². The zero-order chi connectivity index (χ0) is 91.9. The Balaban J connectivity index is 0.000000180. The minimum absolute atomic E-state index is 0.376. The Kier molecular flexibility index (Phi) is 24.6. The highest BCUT2D eigenvalue weighted by atomic mass is 15.0. The summed E-state index contributed by atoms with van der Waals surface area (Å²) in [6.07, 6.45) is 3.92. The Morgan fingerprint density at radius 3 is 0.982 bits per heavy atom. The maximum atomic E-state index is 7.72. The summed E-state index contributed by atoms with van der Waals surface area (Å²) < 4.78 is 106. The van der Waals surface area contributed by atoms with E-state index in [1.165, 1.54) is 95.2 Å². The van der Waals surface area contributed by atoms with E-state index >= 15 is 0 Å². The van der Waals surface area contributed by atoms with Gasteiger partial charge in [-0.05, 0) is 243 Å². The Labute approximate surface area is 690 Å². The molecule has 0 bridgehead atoms. The lowest BCUT2D eigenvalue weighted by Crippen LogP contribution is -2.35. The van der Waals surface area contributed by atoms with Crippen LogP contribution < -0.4 is 32.0 Å². The molecule has 0 aliphatic heterocycles. The van der Waals surface area contributed by atoms with E-state index in [-0.39, 0.29) is 0 Å². The molecular formula is C105H126N7+7. The standard InChI is InChI=1S/7C15H18N/c2*1-11-7-5-8-12(2)15(11)14-10-6-9-13(3)16(14)4;1-11-8-9-12(2)14(10-11)15-7-5-6-13(3)16(15)4;2*1-11-8-9-16(4)15(10-11)14-7-5-6-12(2)13(14)3;2*1-11-7-5-6-8-14(11)15-12(2)9-10-13(3)16(15)4/h7*5-10H,1-4H3/q7*+1/i1D3;;2*1D3;;2D3;. The molecule has 7 heteroatoms. The van der Waals surface area contributed by atoms with Crippen molar-refractivity contribution in [3.05, 3.63) is 373 Å². The first-order chi connectivity index (χ1) is 58.1. The number of hydrogen-bond acceptors (Lipinski definition) is 0. The van der Waals surface area contributed by atoms with Crippen LogP contribution >= 0.6 is 0 Å². The van der Waals surface area contributed by atoms with Gasteiger partial charge in [-0.3, -0.25) is 0 Å². The zero-order valence-electron chi connectivity index (χ0n) is 82.9. The Morgan fingerprint density at radius 2 is 0.527 bits per heavy atom. The van der Waals surface area contributed by atoms with Crippen molar-refractivity contribution in [3.63, 3.8) is 0 Å². The normalized spacial score (nSPS) is 12.5. The number of aromatic nitrogens is 7. The number of hydrogen-bond donors (Lipinski definition) is 0. The fourth-order valence-electron chi connectivity index (χ4n) is 13.8. The zero-order valence-corrected chi connectivity index (χ0v) is 70.9.